The fourth-order valence-corrected chi connectivity index (χ4v) is 1.58. The third-order valence-electron chi connectivity index (χ3n) is 2.46. The van der Waals surface area contributed by atoms with E-state index in [1.807, 2.05) is 13.8 Å². The predicted octanol–water partition coefficient (Wildman–Crippen LogP) is 0.113. The normalized spacial score (nSPS) is 24.2. The first-order valence-electron chi connectivity index (χ1n) is 4.76. The molecule has 1 aliphatic rings. The second-order valence-electron chi connectivity index (χ2n) is 3.45. The molecule has 1 rings (SSSR count). The van der Waals surface area contributed by atoms with E-state index in [9.17, 15) is 9.59 Å². The summed E-state index contributed by atoms with van der Waals surface area (Å²) in [5, 5.41) is 8.98. The molecule has 2 atom stereocenters. The Labute approximate surface area is 83.2 Å². The quantitative estimate of drug-likeness (QED) is 0.652. The zero-order chi connectivity index (χ0) is 10.7. The number of allylic oxidation sites excluding steroid dienone is 1. The summed E-state index contributed by atoms with van der Waals surface area (Å²) >= 11 is 0. The van der Waals surface area contributed by atoms with E-state index in [-0.39, 0.29) is 18.4 Å². The summed E-state index contributed by atoms with van der Waals surface area (Å²) in [6.45, 7) is 3.64. The van der Waals surface area contributed by atoms with Gasteiger partial charge in [0.1, 0.15) is 0 Å². The van der Waals surface area contributed by atoms with Crippen LogP contribution in [0, 0.1) is 0 Å². The Kier molecular flexibility index (Phi) is 3.41. The lowest BCUT2D eigenvalue weighted by Crippen LogP contribution is -2.48. The molecule has 0 aromatic rings. The molecule has 0 aromatic carbocycles. The van der Waals surface area contributed by atoms with E-state index in [0.717, 1.165) is 0 Å². The Morgan fingerprint density at radius 1 is 1.57 bits per heavy atom. The van der Waals surface area contributed by atoms with E-state index in [0.29, 0.717) is 6.42 Å². The van der Waals surface area contributed by atoms with Gasteiger partial charge in [-0.2, -0.15) is 0 Å². The van der Waals surface area contributed by atoms with Gasteiger partial charge < -0.3 is 10.0 Å². The lowest BCUT2D eigenvalue weighted by atomic mass is 10.00. The molecule has 0 aliphatic carbocycles. The van der Waals surface area contributed by atoms with E-state index >= 15 is 0 Å². The van der Waals surface area contributed by atoms with Gasteiger partial charge in [0, 0.05) is 18.3 Å². The molecule has 1 aliphatic heterocycles. The van der Waals surface area contributed by atoms with Crippen LogP contribution in [0.4, 0.5) is 0 Å². The van der Waals surface area contributed by atoms with Crippen LogP contribution < -0.4 is 0 Å². The number of aliphatic hydroxyl groups excluding tert-OH is 1. The van der Waals surface area contributed by atoms with Crippen LogP contribution in [-0.2, 0) is 9.59 Å². The molecule has 0 saturated heterocycles. The Morgan fingerprint density at radius 3 is 2.71 bits per heavy atom. The number of carbonyl (C=O) groups excluding carboxylic acids is 2. The molecule has 4 nitrogen and oxygen atoms in total. The predicted molar refractivity (Wildman–Crippen MR) is 51.6 cm³/mol. The summed E-state index contributed by atoms with van der Waals surface area (Å²) in [6, 6.07) is -0.539. The standard InChI is InChI=1S/C10H15NO3/c1-3-8-10(14)9(13)4-5-11(8)7(2)6-12/h4-5,7-8,12H,3,6H2,1-2H3/t7-,8?/m0/s1. The van der Waals surface area contributed by atoms with Gasteiger partial charge in [-0.05, 0) is 13.3 Å². The minimum atomic E-state index is -0.446. The third kappa shape index (κ3) is 1.85. The number of carbonyl (C=O) groups is 2. The fraction of sp³-hybridized carbons (Fsp3) is 0.600. The van der Waals surface area contributed by atoms with Crippen LogP contribution in [0.2, 0.25) is 0 Å². The van der Waals surface area contributed by atoms with Gasteiger partial charge in [-0.3, -0.25) is 9.59 Å². The summed E-state index contributed by atoms with van der Waals surface area (Å²) < 4.78 is 0. The van der Waals surface area contributed by atoms with Gasteiger partial charge in [-0.25, -0.2) is 0 Å². The Balaban J connectivity index is 2.90. The van der Waals surface area contributed by atoms with Gasteiger partial charge in [0.15, 0.2) is 0 Å². The van der Waals surface area contributed by atoms with Crippen molar-refractivity contribution in [3.8, 4) is 0 Å². The zero-order valence-corrected chi connectivity index (χ0v) is 8.43. The second kappa shape index (κ2) is 4.37. The maximum absolute atomic E-state index is 11.5. The molecule has 0 aromatic heterocycles. The Hall–Kier alpha value is -1.16. The van der Waals surface area contributed by atoms with Crippen molar-refractivity contribution in [1.29, 1.82) is 0 Å². The number of aliphatic hydroxyl groups is 1. The largest absolute Gasteiger partial charge is 0.394 e. The molecular weight excluding hydrogens is 182 g/mol. The Morgan fingerprint density at radius 2 is 2.21 bits per heavy atom. The van der Waals surface area contributed by atoms with Crippen molar-refractivity contribution < 1.29 is 14.7 Å². The van der Waals surface area contributed by atoms with Gasteiger partial charge in [0.05, 0.1) is 12.6 Å². The SMILES string of the molecule is CCC1C(=O)C(=O)C=CN1[C@@H](C)CO. The van der Waals surface area contributed by atoms with E-state index in [2.05, 4.69) is 0 Å². The monoisotopic (exact) mass is 197 g/mol. The van der Waals surface area contributed by atoms with Crippen molar-refractivity contribution in [1.82, 2.24) is 4.90 Å². The molecule has 0 bridgehead atoms. The molecular formula is C10H15NO3. The van der Waals surface area contributed by atoms with E-state index in [1.165, 1.54) is 6.08 Å². The van der Waals surface area contributed by atoms with Crippen molar-refractivity contribution in [2.45, 2.75) is 32.4 Å². The molecule has 1 unspecified atom stereocenters. The second-order valence-corrected chi connectivity index (χ2v) is 3.45. The van der Waals surface area contributed by atoms with E-state index in [1.54, 1.807) is 11.1 Å². The first-order valence-corrected chi connectivity index (χ1v) is 4.76. The molecule has 0 spiro atoms. The summed E-state index contributed by atoms with van der Waals surface area (Å²) in [6.07, 6.45) is 3.44. The van der Waals surface area contributed by atoms with Crippen molar-refractivity contribution >= 4 is 11.6 Å². The molecule has 4 heteroatoms. The van der Waals surface area contributed by atoms with Gasteiger partial charge in [0.2, 0.25) is 11.6 Å². The summed E-state index contributed by atoms with van der Waals surface area (Å²) in [4.78, 5) is 24.3. The van der Waals surface area contributed by atoms with Crippen LogP contribution in [0.25, 0.3) is 0 Å². The van der Waals surface area contributed by atoms with Crippen LogP contribution >= 0.6 is 0 Å². The summed E-state index contributed by atoms with van der Waals surface area (Å²) in [7, 11) is 0. The number of nitrogens with zero attached hydrogens (tertiary/aromatic N) is 1. The molecule has 14 heavy (non-hydrogen) atoms. The van der Waals surface area contributed by atoms with Gasteiger partial charge in [0.25, 0.3) is 0 Å². The van der Waals surface area contributed by atoms with Gasteiger partial charge in [-0.15, -0.1) is 0 Å². The van der Waals surface area contributed by atoms with Crippen LogP contribution in [0.15, 0.2) is 12.3 Å². The van der Waals surface area contributed by atoms with Crippen LogP contribution in [0.1, 0.15) is 20.3 Å². The van der Waals surface area contributed by atoms with Gasteiger partial charge in [-0.1, -0.05) is 6.92 Å². The van der Waals surface area contributed by atoms with E-state index in [4.69, 9.17) is 5.11 Å². The highest BCUT2D eigenvalue weighted by Gasteiger charge is 2.32. The first kappa shape index (κ1) is 10.9. The molecule has 78 valence electrons. The molecule has 0 fully saturated rings. The highest BCUT2D eigenvalue weighted by Crippen LogP contribution is 2.15. The van der Waals surface area contributed by atoms with Crippen molar-refractivity contribution in [2.24, 2.45) is 0 Å². The maximum Gasteiger partial charge on any atom is 0.225 e. The summed E-state index contributed by atoms with van der Waals surface area (Å²) in [5.74, 6) is -0.825. The minimum absolute atomic E-state index is 0.0255. The molecule has 0 saturated carbocycles. The third-order valence-corrected chi connectivity index (χ3v) is 2.46. The maximum atomic E-state index is 11.5. The highest BCUT2D eigenvalue weighted by molar-refractivity contribution is 6.43. The van der Waals surface area contributed by atoms with Crippen molar-refractivity contribution in [3.63, 3.8) is 0 Å². The lowest BCUT2D eigenvalue weighted by Gasteiger charge is -2.34. The fourth-order valence-electron chi connectivity index (χ4n) is 1.58. The smallest absolute Gasteiger partial charge is 0.225 e. The molecule has 1 heterocycles. The number of Topliss-reactive ketones (excluding diaryl/α,β-unsaturated/α-hetero) is 1. The average molecular weight is 197 g/mol. The number of ketones is 2. The zero-order valence-electron chi connectivity index (χ0n) is 8.43. The topological polar surface area (TPSA) is 57.6 Å². The van der Waals surface area contributed by atoms with Crippen molar-refractivity contribution in [3.05, 3.63) is 12.3 Å². The first-order chi connectivity index (χ1) is 6.61. The van der Waals surface area contributed by atoms with Crippen LogP contribution in [-0.4, -0.2) is 40.3 Å². The Bertz CT molecular complexity index is 273. The van der Waals surface area contributed by atoms with Crippen LogP contribution in [0.3, 0.4) is 0 Å². The average Bonchev–Trinajstić information content (AvgIpc) is 2.20. The molecule has 0 radical (unpaired) electrons. The highest BCUT2D eigenvalue weighted by atomic mass is 16.3. The number of hydrogen-bond acceptors (Lipinski definition) is 4. The molecule has 1 N–H and O–H groups in total. The van der Waals surface area contributed by atoms with Crippen molar-refractivity contribution in [2.75, 3.05) is 6.61 Å². The molecule has 0 amide bonds. The van der Waals surface area contributed by atoms with Crippen LogP contribution in [0.5, 0.6) is 0 Å². The minimum Gasteiger partial charge on any atom is -0.394 e. The summed E-state index contributed by atoms with van der Waals surface area (Å²) in [5.41, 5.74) is 0. The number of rotatable bonds is 3. The lowest BCUT2D eigenvalue weighted by molar-refractivity contribution is -0.138. The van der Waals surface area contributed by atoms with E-state index < -0.39 is 11.8 Å². The van der Waals surface area contributed by atoms with Gasteiger partial charge >= 0.3 is 0 Å². The number of hydrogen-bond donors (Lipinski definition) is 1.